The van der Waals surface area contributed by atoms with Crippen LogP contribution in [-0.4, -0.2) is 16.2 Å². The van der Waals surface area contributed by atoms with Crippen LogP contribution in [0, 0.1) is 5.82 Å². The number of rotatable bonds is 5. The molecule has 0 radical (unpaired) electrons. The van der Waals surface area contributed by atoms with Crippen LogP contribution in [-0.2, 0) is 16.0 Å². The average Bonchev–Trinajstić information content (AvgIpc) is 3.08. The molecule has 8 heteroatoms. The molecule has 0 N–H and O–H groups in total. The van der Waals surface area contributed by atoms with Crippen molar-refractivity contribution in [2.45, 2.75) is 19.4 Å². The summed E-state index contributed by atoms with van der Waals surface area (Å²) < 4.78 is 23.8. The van der Waals surface area contributed by atoms with Gasteiger partial charge in [-0.2, -0.15) is 0 Å². The third kappa shape index (κ3) is 4.39. The molecule has 26 heavy (non-hydrogen) atoms. The summed E-state index contributed by atoms with van der Waals surface area (Å²) in [7, 11) is 0. The van der Waals surface area contributed by atoms with Gasteiger partial charge in [-0.3, -0.25) is 4.79 Å². The number of carbonyl (C=O) groups is 1. The zero-order valence-electron chi connectivity index (χ0n) is 13.6. The highest BCUT2D eigenvalue weighted by atomic mass is 35.5. The molecular formula is C18H13Cl2FN2O3. The molecule has 0 unspecified atom stereocenters. The minimum Gasteiger partial charge on any atom is -0.452 e. The maximum atomic E-state index is 13.0. The van der Waals surface area contributed by atoms with Crippen LogP contribution in [0.5, 0.6) is 0 Å². The summed E-state index contributed by atoms with van der Waals surface area (Å²) in [5, 5.41) is 8.63. The van der Waals surface area contributed by atoms with Crippen molar-refractivity contribution in [3.05, 3.63) is 69.8 Å². The Bertz CT molecular complexity index is 928. The lowest BCUT2D eigenvalue weighted by atomic mass is 10.1. The highest BCUT2D eigenvalue weighted by Gasteiger charge is 2.20. The SMILES string of the molecule is C[C@H](OC(=O)Cc1ccc(Cl)cc1Cl)c1nnc(-c2ccc(F)cc2)o1. The minimum absolute atomic E-state index is 0.0146. The summed E-state index contributed by atoms with van der Waals surface area (Å²) >= 11 is 11.9. The van der Waals surface area contributed by atoms with E-state index >= 15 is 0 Å². The molecule has 0 amide bonds. The van der Waals surface area contributed by atoms with E-state index in [0.717, 1.165) is 0 Å². The molecule has 0 aliphatic carbocycles. The summed E-state index contributed by atoms with van der Waals surface area (Å²) in [6.45, 7) is 1.61. The van der Waals surface area contributed by atoms with E-state index in [1.165, 1.54) is 24.3 Å². The molecule has 5 nitrogen and oxygen atoms in total. The first-order valence-electron chi connectivity index (χ1n) is 7.65. The van der Waals surface area contributed by atoms with Gasteiger partial charge in [0.05, 0.1) is 6.42 Å². The van der Waals surface area contributed by atoms with Crippen molar-refractivity contribution in [1.82, 2.24) is 10.2 Å². The standard InChI is InChI=1S/C18H13Cl2FN2O3/c1-10(25-16(24)8-12-2-5-13(19)9-15(12)20)17-22-23-18(26-17)11-3-6-14(21)7-4-11/h2-7,9-10H,8H2,1H3/t10-/m0/s1. The first-order valence-corrected chi connectivity index (χ1v) is 8.40. The Balaban J connectivity index is 1.65. The van der Waals surface area contributed by atoms with Gasteiger partial charge in [-0.25, -0.2) is 4.39 Å². The number of ether oxygens (including phenoxy) is 1. The van der Waals surface area contributed by atoms with Crippen LogP contribution in [0.3, 0.4) is 0 Å². The van der Waals surface area contributed by atoms with Crippen LogP contribution in [0.2, 0.25) is 10.0 Å². The maximum Gasteiger partial charge on any atom is 0.311 e. The van der Waals surface area contributed by atoms with Crippen LogP contribution in [0.25, 0.3) is 11.5 Å². The Morgan fingerprint density at radius 2 is 1.92 bits per heavy atom. The Kier molecular flexibility index (Phi) is 5.54. The second-order valence-corrected chi connectivity index (χ2v) is 6.34. The highest BCUT2D eigenvalue weighted by molar-refractivity contribution is 6.35. The molecule has 0 fully saturated rings. The van der Waals surface area contributed by atoms with Gasteiger partial charge in [-0.15, -0.1) is 10.2 Å². The van der Waals surface area contributed by atoms with Crippen molar-refractivity contribution in [3.8, 4) is 11.5 Å². The molecular weight excluding hydrogens is 382 g/mol. The molecule has 0 saturated heterocycles. The number of esters is 1. The molecule has 0 bridgehead atoms. The molecule has 1 atom stereocenters. The highest BCUT2D eigenvalue weighted by Crippen LogP contribution is 2.25. The number of aromatic nitrogens is 2. The topological polar surface area (TPSA) is 65.2 Å². The van der Waals surface area contributed by atoms with E-state index in [1.807, 2.05) is 0 Å². The molecule has 0 spiro atoms. The second kappa shape index (κ2) is 7.85. The number of nitrogens with zero attached hydrogens (tertiary/aromatic N) is 2. The van der Waals surface area contributed by atoms with E-state index in [-0.39, 0.29) is 24.0 Å². The Labute approximate surface area is 158 Å². The van der Waals surface area contributed by atoms with Gasteiger partial charge in [-0.1, -0.05) is 29.3 Å². The average molecular weight is 395 g/mol. The lowest BCUT2D eigenvalue weighted by Gasteiger charge is -2.10. The molecule has 3 aromatic rings. The lowest BCUT2D eigenvalue weighted by molar-refractivity contribution is -0.148. The van der Waals surface area contributed by atoms with Crippen molar-refractivity contribution in [1.29, 1.82) is 0 Å². The first kappa shape index (κ1) is 18.4. The Hall–Kier alpha value is -2.44. The largest absolute Gasteiger partial charge is 0.452 e. The van der Waals surface area contributed by atoms with E-state index in [4.69, 9.17) is 32.4 Å². The smallest absolute Gasteiger partial charge is 0.311 e. The van der Waals surface area contributed by atoms with Crippen LogP contribution < -0.4 is 0 Å². The summed E-state index contributed by atoms with van der Waals surface area (Å²) in [5.74, 6) is -0.511. The van der Waals surface area contributed by atoms with Crippen LogP contribution in [0.4, 0.5) is 4.39 Å². The third-order valence-corrected chi connectivity index (χ3v) is 4.12. The molecule has 1 aromatic heterocycles. The van der Waals surface area contributed by atoms with Gasteiger partial charge in [0.25, 0.3) is 5.89 Å². The van der Waals surface area contributed by atoms with Gasteiger partial charge in [0, 0.05) is 15.6 Å². The van der Waals surface area contributed by atoms with Crippen molar-refractivity contribution in [2.24, 2.45) is 0 Å². The zero-order valence-corrected chi connectivity index (χ0v) is 15.1. The quantitative estimate of drug-likeness (QED) is 0.567. The molecule has 3 rings (SSSR count). The van der Waals surface area contributed by atoms with Gasteiger partial charge in [0.1, 0.15) is 5.82 Å². The fraction of sp³-hybridized carbons (Fsp3) is 0.167. The fourth-order valence-electron chi connectivity index (χ4n) is 2.22. The summed E-state index contributed by atoms with van der Waals surface area (Å²) in [6, 6.07) is 10.5. The normalized spacial score (nSPS) is 12.0. The number of hydrogen-bond acceptors (Lipinski definition) is 5. The molecule has 134 valence electrons. The van der Waals surface area contributed by atoms with Crippen molar-refractivity contribution in [3.63, 3.8) is 0 Å². The van der Waals surface area contributed by atoms with Crippen molar-refractivity contribution >= 4 is 29.2 Å². The van der Waals surface area contributed by atoms with Crippen LogP contribution in [0.15, 0.2) is 46.9 Å². The molecule has 1 heterocycles. The maximum absolute atomic E-state index is 13.0. The van der Waals surface area contributed by atoms with Gasteiger partial charge >= 0.3 is 5.97 Å². The minimum atomic E-state index is -0.740. The van der Waals surface area contributed by atoms with E-state index in [9.17, 15) is 9.18 Å². The molecule has 0 aliphatic heterocycles. The summed E-state index contributed by atoms with van der Waals surface area (Å²) in [4.78, 5) is 12.1. The van der Waals surface area contributed by atoms with Crippen LogP contribution in [0.1, 0.15) is 24.5 Å². The number of hydrogen-bond donors (Lipinski definition) is 0. The number of carbonyl (C=O) groups excluding carboxylic acids is 1. The van der Waals surface area contributed by atoms with E-state index in [2.05, 4.69) is 10.2 Å². The predicted octanol–water partition coefficient (Wildman–Crippen LogP) is 5.03. The summed E-state index contributed by atoms with van der Waals surface area (Å²) in [6.07, 6.45) is -0.755. The zero-order chi connectivity index (χ0) is 18.7. The van der Waals surface area contributed by atoms with Gasteiger partial charge in [-0.05, 0) is 48.9 Å². The van der Waals surface area contributed by atoms with Gasteiger partial charge in [0.2, 0.25) is 5.89 Å². The Morgan fingerprint density at radius 3 is 2.62 bits per heavy atom. The Morgan fingerprint density at radius 1 is 1.19 bits per heavy atom. The number of benzene rings is 2. The van der Waals surface area contributed by atoms with Gasteiger partial charge < -0.3 is 9.15 Å². The van der Waals surface area contributed by atoms with Crippen molar-refractivity contribution < 1.29 is 18.3 Å². The van der Waals surface area contributed by atoms with Crippen LogP contribution >= 0.6 is 23.2 Å². The molecule has 2 aromatic carbocycles. The third-order valence-electron chi connectivity index (χ3n) is 3.54. The number of halogens is 3. The predicted molar refractivity (Wildman–Crippen MR) is 94.4 cm³/mol. The van der Waals surface area contributed by atoms with Crippen molar-refractivity contribution in [2.75, 3.05) is 0 Å². The second-order valence-electron chi connectivity index (χ2n) is 5.50. The first-order chi connectivity index (χ1) is 12.4. The lowest BCUT2D eigenvalue weighted by Crippen LogP contribution is -2.12. The summed E-state index contributed by atoms with van der Waals surface area (Å²) in [5.41, 5.74) is 1.17. The van der Waals surface area contributed by atoms with E-state index in [1.54, 1.807) is 25.1 Å². The molecule has 0 saturated carbocycles. The van der Waals surface area contributed by atoms with E-state index < -0.39 is 12.1 Å². The van der Waals surface area contributed by atoms with E-state index in [0.29, 0.717) is 21.2 Å². The fourth-order valence-corrected chi connectivity index (χ4v) is 2.69. The monoisotopic (exact) mass is 394 g/mol. The molecule has 0 aliphatic rings. The van der Waals surface area contributed by atoms with Gasteiger partial charge in [0.15, 0.2) is 6.10 Å².